The number of para-hydroxylation sites is 1. The minimum Gasteiger partial charge on any atom is -0.357 e. The average Bonchev–Trinajstić information content (AvgIpc) is 2.86. The van der Waals surface area contributed by atoms with Crippen LogP contribution in [0.5, 0.6) is 0 Å². The van der Waals surface area contributed by atoms with Gasteiger partial charge in [-0.3, -0.25) is 14.6 Å². The van der Waals surface area contributed by atoms with Crippen LogP contribution in [0, 0.1) is 5.92 Å². The van der Waals surface area contributed by atoms with Crippen molar-refractivity contribution in [2.24, 2.45) is 5.92 Å². The Hall–Kier alpha value is -2.69. The van der Waals surface area contributed by atoms with Crippen molar-refractivity contribution in [3.8, 4) is 0 Å². The second-order valence-electron chi connectivity index (χ2n) is 6.27. The third kappa shape index (κ3) is 2.12. The highest BCUT2D eigenvalue weighted by Crippen LogP contribution is 2.39. The lowest BCUT2D eigenvalue weighted by atomic mass is 9.89. The zero-order valence-electron chi connectivity index (χ0n) is 13.6. The molecule has 5 heteroatoms. The van der Waals surface area contributed by atoms with E-state index in [0.717, 1.165) is 24.3 Å². The van der Waals surface area contributed by atoms with Gasteiger partial charge >= 0.3 is 0 Å². The van der Waals surface area contributed by atoms with E-state index in [9.17, 15) is 9.59 Å². The molecular weight excluding hydrogens is 302 g/mol. The van der Waals surface area contributed by atoms with Gasteiger partial charge in [-0.15, -0.1) is 0 Å². The summed E-state index contributed by atoms with van der Waals surface area (Å²) in [6, 6.07) is 12.6. The summed E-state index contributed by atoms with van der Waals surface area (Å²) in [5.41, 5.74) is 2.54. The number of rotatable bonds is 3. The Kier molecular flexibility index (Phi) is 3.56. The van der Waals surface area contributed by atoms with Gasteiger partial charge in [0.1, 0.15) is 6.04 Å². The fraction of sp³-hybridized carbons (Fsp3) is 0.316. The van der Waals surface area contributed by atoms with Crippen molar-refractivity contribution in [2.45, 2.75) is 25.8 Å². The Labute approximate surface area is 140 Å². The molecule has 0 radical (unpaired) electrons. The fourth-order valence-corrected chi connectivity index (χ4v) is 3.80. The van der Waals surface area contributed by atoms with E-state index in [1.165, 1.54) is 4.90 Å². The van der Waals surface area contributed by atoms with Gasteiger partial charge in [-0.1, -0.05) is 25.1 Å². The molecule has 0 saturated carbocycles. The van der Waals surface area contributed by atoms with Crippen molar-refractivity contribution < 1.29 is 9.59 Å². The first kappa shape index (κ1) is 14.9. The first-order valence-corrected chi connectivity index (χ1v) is 8.35. The number of pyridine rings is 1. The van der Waals surface area contributed by atoms with E-state index in [1.807, 2.05) is 42.5 Å². The quantitative estimate of drug-likeness (QED) is 0.815. The van der Waals surface area contributed by atoms with E-state index in [1.54, 1.807) is 6.20 Å². The number of aromatic nitrogens is 1. The summed E-state index contributed by atoms with van der Waals surface area (Å²) >= 11 is 0. The van der Waals surface area contributed by atoms with Gasteiger partial charge in [0.15, 0.2) is 0 Å². The van der Waals surface area contributed by atoms with E-state index in [0.29, 0.717) is 12.1 Å². The molecule has 1 aromatic carbocycles. The molecular formula is C19H19N3O2. The molecule has 2 amide bonds. The van der Waals surface area contributed by atoms with Crippen LogP contribution < -0.4 is 9.80 Å². The maximum absolute atomic E-state index is 13.1. The lowest BCUT2D eigenvalue weighted by Gasteiger charge is -2.37. The van der Waals surface area contributed by atoms with Crippen LogP contribution in [0.4, 0.5) is 11.4 Å². The largest absolute Gasteiger partial charge is 0.357 e. The van der Waals surface area contributed by atoms with E-state index in [4.69, 9.17) is 0 Å². The van der Waals surface area contributed by atoms with E-state index in [-0.39, 0.29) is 17.7 Å². The van der Waals surface area contributed by atoms with Gasteiger partial charge in [-0.2, -0.15) is 0 Å². The number of hydrogen-bond acceptors (Lipinski definition) is 4. The monoisotopic (exact) mass is 321 g/mol. The standard InChI is InChI=1S/C19H19N3O2/c1-2-11-21-16-9-6-10-20-15(16)12-14-17(21)19(24)22(18(14)23)13-7-4-3-5-8-13/h3-10,14,17H,2,11-12H2,1H3/t14-,17+/m0/s1. The molecule has 1 saturated heterocycles. The molecule has 0 unspecified atom stereocenters. The van der Waals surface area contributed by atoms with Crippen molar-refractivity contribution >= 4 is 23.2 Å². The van der Waals surface area contributed by atoms with E-state index in [2.05, 4.69) is 16.8 Å². The number of carbonyl (C=O) groups is 2. The molecule has 0 spiro atoms. The Bertz CT molecular complexity index is 790. The average molecular weight is 321 g/mol. The van der Waals surface area contributed by atoms with Crippen molar-refractivity contribution in [3.63, 3.8) is 0 Å². The van der Waals surface area contributed by atoms with Crippen molar-refractivity contribution in [1.82, 2.24) is 4.98 Å². The van der Waals surface area contributed by atoms with Crippen LogP contribution in [-0.2, 0) is 16.0 Å². The fourth-order valence-electron chi connectivity index (χ4n) is 3.80. The number of benzene rings is 1. The Balaban J connectivity index is 1.78. The summed E-state index contributed by atoms with van der Waals surface area (Å²) in [5, 5.41) is 0. The zero-order valence-corrected chi connectivity index (χ0v) is 13.6. The van der Waals surface area contributed by atoms with Gasteiger partial charge in [-0.05, 0) is 30.7 Å². The zero-order chi connectivity index (χ0) is 16.7. The summed E-state index contributed by atoms with van der Waals surface area (Å²) in [4.78, 5) is 33.9. The Morgan fingerprint density at radius 2 is 1.88 bits per heavy atom. The van der Waals surface area contributed by atoms with Gasteiger partial charge in [0.05, 0.1) is 23.0 Å². The third-order valence-corrected chi connectivity index (χ3v) is 4.80. The van der Waals surface area contributed by atoms with Gasteiger partial charge in [0.25, 0.3) is 5.91 Å². The minimum atomic E-state index is -0.422. The van der Waals surface area contributed by atoms with E-state index >= 15 is 0 Å². The van der Waals surface area contributed by atoms with Crippen LogP contribution in [0.3, 0.4) is 0 Å². The molecule has 2 atom stereocenters. The van der Waals surface area contributed by atoms with Gasteiger partial charge in [0, 0.05) is 19.2 Å². The van der Waals surface area contributed by atoms with Crippen LogP contribution in [0.15, 0.2) is 48.7 Å². The molecule has 0 aliphatic carbocycles. The molecule has 0 bridgehead atoms. The predicted molar refractivity (Wildman–Crippen MR) is 91.8 cm³/mol. The number of hydrogen-bond donors (Lipinski definition) is 0. The molecule has 1 aromatic heterocycles. The van der Waals surface area contributed by atoms with Crippen LogP contribution in [0.2, 0.25) is 0 Å². The highest BCUT2D eigenvalue weighted by Gasteiger charge is 2.53. The molecule has 2 aliphatic rings. The Morgan fingerprint density at radius 3 is 2.62 bits per heavy atom. The molecule has 1 fully saturated rings. The maximum atomic E-state index is 13.1. The van der Waals surface area contributed by atoms with Crippen LogP contribution in [-0.4, -0.2) is 29.4 Å². The molecule has 2 aliphatic heterocycles. The first-order chi connectivity index (χ1) is 11.7. The van der Waals surface area contributed by atoms with Gasteiger partial charge < -0.3 is 4.90 Å². The molecule has 4 rings (SSSR count). The van der Waals surface area contributed by atoms with Crippen molar-refractivity contribution in [3.05, 3.63) is 54.4 Å². The second-order valence-corrected chi connectivity index (χ2v) is 6.27. The summed E-state index contributed by atoms with van der Waals surface area (Å²) < 4.78 is 0. The maximum Gasteiger partial charge on any atom is 0.257 e. The third-order valence-electron chi connectivity index (χ3n) is 4.80. The summed E-state index contributed by atoms with van der Waals surface area (Å²) in [5.74, 6) is -0.598. The molecule has 3 heterocycles. The number of nitrogens with zero attached hydrogens (tertiary/aromatic N) is 3. The second kappa shape index (κ2) is 5.74. The van der Waals surface area contributed by atoms with Crippen LogP contribution in [0.25, 0.3) is 0 Å². The summed E-state index contributed by atoms with van der Waals surface area (Å²) in [6.07, 6.45) is 3.18. The number of fused-ring (bicyclic) bond motifs is 2. The molecule has 2 aromatic rings. The van der Waals surface area contributed by atoms with Crippen molar-refractivity contribution in [1.29, 1.82) is 0 Å². The molecule has 24 heavy (non-hydrogen) atoms. The van der Waals surface area contributed by atoms with E-state index < -0.39 is 6.04 Å². The number of imide groups is 1. The highest BCUT2D eigenvalue weighted by atomic mass is 16.2. The van der Waals surface area contributed by atoms with Crippen LogP contribution >= 0.6 is 0 Å². The smallest absolute Gasteiger partial charge is 0.257 e. The number of anilines is 2. The normalized spacial score (nSPS) is 22.5. The topological polar surface area (TPSA) is 53.5 Å². The Morgan fingerprint density at radius 1 is 1.08 bits per heavy atom. The van der Waals surface area contributed by atoms with Crippen LogP contribution in [0.1, 0.15) is 19.0 Å². The molecule has 0 N–H and O–H groups in total. The lowest BCUT2D eigenvalue weighted by Crippen LogP contribution is -2.48. The SMILES string of the molecule is CCCN1c2cccnc2C[C@@H]2C(=O)N(c3ccccc3)C(=O)[C@@H]21. The number of carbonyl (C=O) groups excluding carboxylic acids is 2. The molecule has 5 nitrogen and oxygen atoms in total. The van der Waals surface area contributed by atoms with Crippen molar-refractivity contribution in [2.75, 3.05) is 16.3 Å². The predicted octanol–water partition coefficient (Wildman–Crippen LogP) is 2.41. The summed E-state index contributed by atoms with van der Waals surface area (Å²) in [7, 11) is 0. The van der Waals surface area contributed by atoms with Gasteiger partial charge in [0.2, 0.25) is 5.91 Å². The first-order valence-electron chi connectivity index (χ1n) is 8.35. The highest BCUT2D eigenvalue weighted by molar-refractivity contribution is 6.24. The minimum absolute atomic E-state index is 0.117. The lowest BCUT2D eigenvalue weighted by molar-refractivity contribution is -0.122. The summed E-state index contributed by atoms with van der Waals surface area (Å²) in [6.45, 7) is 2.82. The van der Waals surface area contributed by atoms with Gasteiger partial charge in [-0.25, -0.2) is 4.90 Å². The molecule has 122 valence electrons. The number of amides is 2.